The van der Waals surface area contributed by atoms with Gasteiger partial charge >= 0.3 is 0 Å². The quantitative estimate of drug-likeness (QED) is 0.487. The van der Waals surface area contributed by atoms with Gasteiger partial charge in [-0.2, -0.15) is 0 Å². The van der Waals surface area contributed by atoms with Crippen molar-refractivity contribution >= 4 is 6.29 Å². The molecular weight excluding hydrogens is 196 g/mol. The first-order valence-corrected chi connectivity index (χ1v) is 7.14. The van der Waals surface area contributed by atoms with Crippen molar-refractivity contribution in [3.63, 3.8) is 0 Å². The molecule has 0 aliphatic heterocycles. The molecular formula is C15H30O. The average molecular weight is 226 g/mol. The van der Waals surface area contributed by atoms with E-state index in [1.54, 1.807) is 0 Å². The van der Waals surface area contributed by atoms with Crippen LogP contribution in [0.2, 0.25) is 0 Å². The molecule has 0 saturated heterocycles. The first-order chi connectivity index (χ1) is 7.69. The van der Waals surface area contributed by atoms with Gasteiger partial charge in [0.15, 0.2) is 0 Å². The highest BCUT2D eigenvalue weighted by Gasteiger charge is 2.16. The molecule has 3 atom stereocenters. The average Bonchev–Trinajstić information content (AvgIpc) is 2.31. The van der Waals surface area contributed by atoms with Gasteiger partial charge < -0.3 is 4.79 Å². The van der Waals surface area contributed by atoms with Gasteiger partial charge in [-0.3, -0.25) is 0 Å². The molecule has 0 rings (SSSR count). The summed E-state index contributed by atoms with van der Waals surface area (Å²) in [5.41, 5.74) is 0. The molecule has 1 heteroatoms. The van der Waals surface area contributed by atoms with Crippen LogP contribution < -0.4 is 0 Å². The molecule has 0 amide bonds. The van der Waals surface area contributed by atoms with Crippen LogP contribution in [0, 0.1) is 17.8 Å². The fourth-order valence-corrected chi connectivity index (χ4v) is 2.50. The number of rotatable bonds is 10. The Balaban J connectivity index is 4.02. The van der Waals surface area contributed by atoms with Gasteiger partial charge in [-0.25, -0.2) is 0 Å². The predicted molar refractivity (Wildman–Crippen MR) is 71.5 cm³/mol. The zero-order chi connectivity index (χ0) is 12.4. The van der Waals surface area contributed by atoms with E-state index in [1.807, 2.05) is 0 Å². The summed E-state index contributed by atoms with van der Waals surface area (Å²) in [6.07, 6.45) is 9.58. The van der Waals surface area contributed by atoms with Crippen molar-refractivity contribution in [1.29, 1.82) is 0 Å². The summed E-state index contributed by atoms with van der Waals surface area (Å²) in [5, 5.41) is 0. The number of aldehydes is 1. The summed E-state index contributed by atoms with van der Waals surface area (Å²) >= 11 is 0. The third-order valence-corrected chi connectivity index (χ3v) is 3.87. The lowest BCUT2D eigenvalue weighted by atomic mass is 9.82. The van der Waals surface area contributed by atoms with Gasteiger partial charge in [0.05, 0.1) is 0 Å². The van der Waals surface area contributed by atoms with E-state index >= 15 is 0 Å². The summed E-state index contributed by atoms with van der Waals surface area (Å²) in [5.74, 6) is 1.96. The molecule has 1 nitrogen and oxygen atoms in total. The zero-order valence-electron chi connectivity index (χ0n) is 11.7. The van der Waals surface area contributed by atoms with Crippen molar-refractivity contribution in [2.45, 2.75) is 72.6 Å². The maximum atomic E-state index is 10.9. The molecule has 0 aromatic heterocycles. The highest BCUT2D eigenvalue weighted by atomic mass is 16.1. The Morgan fingerprint density at radius 2 is 1.56 bits per heavy atom. The number of hydrogen-bond donors (Lipinski definition) is 0. The van der Waals surface area contributed by atoms with Gasteiger partial charge in [0.2, 0.25) is 0 Å². The van der Waals surface area contributed by atoms with Crippen LogP contribution >= 0.6 is 0 Å². The van der Waals surface area contributed by atoms with Crippen molar-refractivity contribution in [2.75, 3.05) is 0 Å². The van der Waals surface area contributed by atoms with Crippen LogP contribution in [-0.4, -0.2) is 6.29 Å². The van der Waals surface area contributed by atoms with Gasteiger partial charge in [-0.05, 0) is 31.1 Å². The topological polar surface area (TPSA) is 17.1 Å². The third kappa shape index (κ3) is 6.30. The Bertz CT molecular complexity index is 165. The van der Waals surface area contributed by atoms with Crippen molar-refractivity contribution in [3.8, 4) is 0 Å². The van der Waals surface area contributed by atoms with Gasteiger partial charge in [-0.15, -0.1) is 0 Å². The van der Waals surface area contributed by atoms with E-state index in [4.69, 9.17) is 0 Å². The molecule has 0 aliphatic rings. The SMILES string of the molecule is CCCC(C=O)CC[C@@H](CCC)C(C)CC. The molecule has 0 radical (unpaired) electrons. The first kappa shape index (κ1) is 15.7. The van der Waals surface area contributed by atoms with Gasteiger partial charge in [0.25, 0.3) is 0 Å². The predicted octanol–water partition coefficient (Wildman–Crippen LogP) is 4.84. The van der Waals surface area contributed by atoms with Crippen LogP contribution in [0.3, 0.4) is 0 Å². The molecule has 0 spiro atoms. The van der Waals surface area contributed by atoms with E-state index in [0.717, 1.165) is 31.1 Å². The number of hydrogen-bond acceptors (Lipinski definition) is 1. The lowest BCUT2D eigenvalue weighted by Crippen LogP contribution is -2.13. The van der Waals surface area contributed by atoms with Crippen molar-refractivity contribution in [1.82, 2.24) is 0 Å². The van der Waals surface area contributed by atoms with Crippen LogP contribution in [0.4, 0.5) is 0 Å². The summed E-state index contributed by atoms with van der Waals surface area (Å²) < 4.78 is 0. The molecule has 2 unspecified atom stereocenters. The second-order valence-electron chi connectivity index (χ2n) is 5.20. The summed E-state index contributed by atoms with van der Waals surface area (Å²) in [6.45, 7) is 9.06. The third-order valence-electron chi connectivity index (χ3n) is 3.87. The Labute approximate surface area is 102 Å². The largest absolute Gasteiger partial charge is 0.303 e. The van der Waals surface area contributed by atoms with Crippen molar-refractivity contribution in [2.24, 2.45) is 17.8 Å². The van der Waals surface area contributed by atoms with Gasteiger partial charge in [0.1, 0.15) is 6.29 Å². The standard InChI is InChI=1S/C15H30O/c1-5-8-14(12-16)10-11-15(9-6-2)13(4)7-3/h12-15H,5-11H2,1-4H3/t13?,14?,15-/m1/s1. The first-order valence-electron chi connectivity index (χ1n) is 7.14. The maximum absolute atomic E-state index is 10.9. The Hall–Kier alpha value is -0.330. The lowest BCUT2D eigenvalue weighted by Gasteiger charge is -2.23. The second kappa shape index (κ2) is 9.86. The van der Waals surface area contributed by atoms with Gasteiger partial charge in [0, 0.05) is 5.92 Å². The van der Waals surface area contributed by atoms with E-state index < -0.39 is 0 Å². The van der Waals surface area contributed by atoms with E-state index in [1.165, 1.54) is 32.0 Å². The Morgan fingerprint density at radius 1 is 0.938 bits per heavy atom. The Kier molecular flexibility index (Phi) is 9.66. The number of carbonyl (C=O) groups is 1. The minimum absolute atomic E-state index is 0.313. The van der Waals surface area contributed by atoms with Gasteiger partial charge in [-0.1, -0.05) is 53.4 Å². The van der Waals surface area contributed by atoms with Crippen LogP contribution in [-0.2, 0) is 4.79 Å². The zero-order valence-corrected chi connectivity index (χ0v) is 11.7. The molecule has 0 bridgehead atoms. The summed E-state index contributed by atoms with van der Waals surface area (Å²) in [7, 11) is 0. The fraction of sp³-hybridized carbons (Fsp3) is 0.933. The van der Waals surface area contributed by atoms with E-state index in [2.05, 4.69) is 27.7 Å². The van der Waals surface area contributed by atoms with Crippen LogP contribution in [0.25, 0.3) is 0 Å². The minimum atomic E-state index is 0.313. The van der Waals surface area contributed by atoms with E-state index in [9.17, 15) is 4.79 Å². The molecule has 0 saturated carbocycles. The molecule has 0 aliphatic carbocycles. The summed E-state index contributed by atoms with van der Waals surface area (Å²) in [4.78, 5) is 10.9. The molecule has 0 aromatic rings. The van der Waals surface area contributed by atoms with Crippen LogP contribution in [0.1, 0.15) is 72.6 Å². The molecule has 0 fully saturated rings. The number of carbonyl (C=O) groups excluding carboxylic acids is 1. The van der Waals surface area contributed by atoms with Crippen molar-refractivity contribution < 1.29 is 4.79 Å². The second-order valence-corrected chi connectivity index (χ2v) is 5.20. The summed E-state index contributed by atoms with van der Waals surface area (Å²) in [6, 6.07) is 0. The molecule has 0 heterocycles. The highest BCUT2D eigenvalue weighted by molar-refractivity contribution is 5.53. The van der Waals surface area contributed by atoms with Crippen LogP contribution in [0.15, 0.2) is 0 Å². The monoisotopic (exact) mass is 226 g/mol. The normalized spacial score (nSPS) is 16.8. The van der Waals surface area contributed by atoms with E-state index in [0.29, 0.717) is 5.92 Å². The Morgan fingerprint density at radius 3 is 2.00 bits per heavy atom. The molecule has 96 valence electrons. The van der Waals surface area contributed by atoms with Crippen molar-refractivity contribution in [3.05, 3.63) is 0 Å². The highest BCUT2D eigenvalue weighted by Crippen LogP contribution is 2.27. The fourth-order valence-electron chi connectivity index (χ4n) is 2.50. The lowest BCUT2D eigenvalue weighted by molar-refractivity contribution is -0.111. The molecule has 0 N–H and O–H groups in total. The van der Waals surface area contributed by atoms with Crippen LogP contribution in [0.5, 0.6) is 0 Å². The maximum Gasteiger partial charge on any atom is 0.123 e. The smallest absolute Gasteiger partial charge is 0.123 e. The van der Waals surface area contributed by atoms with E-state index in [-0.39, 0.29) is 0 Å². The minimum Gasteiger partial charge on any atom is -0.303 e. The molecule has 0 aromatic carbocycles. The molecule has 16 heavy (non-hydrogen) atoms.